The zero-order chi connectivity index (χ0) is 18.5. The quantitative estimate of drug-likeness (QED) is 0.847. The summed E-state index contributed by atoms with van der Waals surface area (Å²) in [5.74, 6) is -0.550. The molecule has 0 aliphatic carbocycles. The molecule has 0 bridgehead atoms. The number of nitrogens with zero attached hydrogens (tertiary/aromatic N) is 2. The van der Waals surface area contributed by atoms with Crippen LogP contribution in [0.1, 0.15) is 22.8 Å². The highest BCUT2D eigenvalue weighted by atomic mass is 19.1. The van der Waals surface area contributed by atoms with Crippen molar-refractivity contribution >= 4 is 11.8 Å². The molecule has 3 rings (SSSR count). The van der Waals surface area contributed by atoms with Gasteiger partial charge in [0.15, 0.2) is 0 Å². The van der Waals surface area contributed by atoms with E-state index in [9.17, 15) is 14.0 Å². The largest absolute Gasteiger partial charge is 0.339 e. The third-order valence-electron chi connectivity index (χ3n) is 4.80. The van der Waals surface area contributed by atoms with E-state index >= 15 is 0 Å². The van der Waals surface area contributed by atoms with Gasteiger partial charge < -0.3 is 9.80 Å². The van der Waals surface area contributed by atoms with Gasteiger partial charge in [-0.3, -0.25) is 9.59 Å². The van der Waals surface area contributed by atoms with E-state index in [0.29, 0.717) is 43.7 Å². The Morgan fingerprint density at radius 1 is 0.923 bits per heavy atom. The lowest BCUT2D eigenvalue weighted by Crippen LogP contribution is -2.51. The van der Waals surface area contributed by atoms with Crippen LogP contribution in [0.3, 0.4) is 0 Å². The lowest BCUT2D eigenvalue weighted by molar-refractivity contribution is -0.136. The number of halogens is 1. The van der Waals surface area contributed by atoms with Crippen molar-refractivity contribution in [3.63, 3.8) is 0 Å². The van der Waals surface area contributed by atoms with Gasteiger partial charge >= 0.3 is 0 Å². The summed E-state index contributed by atoms with van der Waals surface area (Å²) < 4.78 is 13.8. The molecule has 0 spiro atoms. The number of amides is 2. The summed E-state index contributed by atoms with van der Waals surface area (Å²) in [4.78, 5) is 28.7. The second-order valence-electron chi connectivity index (χ2n) is 6.68. The number of hydrogen-bond acceptors (Lipinski definition) is 2. The summed E-state index contributed by atoms with van der Waals surface area (Å²) in [6.45, 7) is 3.89. The molecule has 0 N–H and O–H groups in total. The minimum absolute atomic E-state index is 0.00268. The van der Waals surface area contributed by atoms with Crippen LogP contribution >= 0.6 is 0 Å². The van der Waals surface area contributed by atoms with Crippen molar-refractivity contribution in [2.75, 3.05) is 26.2 Å². The molecule has 1 aliphatic heterocycles. The summed E-state index contributed by atoms with van der Waals surface area (Å²) in [5.41, 5.74) is 1.23. The molecule has 1 atom stereocenters. The molecule has 0 radical (unpaired) electrons. The SMILES string of the molecule is CC(Cc1ccccc1F)C(=O)N1CCN(C(=O)c2ccccc2)CC1. The van der Waals surface area contributed by atoms with E-state index in [1.54, 1.807) is 40.1 Å². The minimum atomic E-state index is -0.289. The van der Waals surface area contributed by atoms with Gasteiger partial charge in [-0.15, -0.1) is 0 Å². The molecule has 1 heterocycles. The first-order valence-corrected chi connectivity index (χ1v) is 8.93. The summed E-state index contributed by atoms with van der Waals surface area (Å²) in [6.07, 6.45) is 0.384. The van der Waals surface area contributed by atoms with Crippen LogP contribution < -0.4 is 0 Å². The second-order valence-corrected chi connectivity index (χ2v) is 6.68. The van der Waals surface area contributed by atoms with E-state index in [1.807, 2.05) is 25.1 Å². The van der Waals surface area contributed by atoms with Crippen LogP contribution in [0.2, 0.25) is 0 Å². The molecule has 136 valence electrons. The molecule has 4 nitrogen and oxygen atoms in total. The number of hydrogen-bond donors (Lipinski definition) is 0. The average molecular weight is 354 g/mol. The van der Waals surface area contributed by atoms with Crippen LogP contribution in [0.25, 0.3) is 0 Å². The molecule has 1 unspecified atom stereocenters. The van der Waals surface area contributed by atoms with Crippen molar-refractivity contribution < 1.29 is 14.0 Å². The maximum absolute atomic E-state index is 13.8. The zero-order valence-corrected chi connectivity index (χ0v) is 14.9. The van der Waals surface area contributed by atoms with Crippen LogP contribution in [0, 0.1) is 11.7 Å². The molecule has 26 heavy (non-hydrogen) atoms. The Morgan fingerprint density at radius 2 is 1.50 bits per heavy atom. The van der Waals surface area contributed by atoms with Crippen molar-refractivity contribution in [2.45, 2.75) is 13.3 Å². The second kappa shape index (κ2) is 8.13. The fourth-order valence-corrected chi connectivity index (χ4v) is 3.29. The first-order chi connectivity index (χ1) is 12.6. The first kappa shape index (κ1) is 18.1. The van der Waals surface area contributed by atoms with Crippen molar-refractivity contribution in [1.82, 2.24) is 9.80 Å². The predicted octanol–water partition coefficient (Wildman–Crippen LogP) is 2.99. The van der Waals surface area contributed by atoms with Crippen LogP contribution in [0.5, 0.6) is 0 Å². The maximum atomic E-state index is 13.8. The molecule has 5 heteroatoms. The topological polar surface area (TPSA) is 40.6 Å². The smallest absolute Gasteiger partial charge is 0.253 e. The predicted molar refractivity (Wildman–Crippen MR) is 98.2 cm³/mol. The van der Waals surface area contributed by atoms with Crippen LogP contribution in [0.4, 0.5) is 4.39 Å². The normalized spacial score (nSPS) is 15.6. The fraction of sp³-hybridized carbons (Fsp3) is 0.333. The molecular weight excluding hydrogens is 331 g/mol. The summed E-state index contributed by atoms with van der Waals surface area (Å²) in [7, 11) is 0. The Labute approximate surface area is 153 Å². The van der Waals surface area contributed by atoms with Gasteiger partial charge in [0.1, 0.15) is 5.82 Å². The van der Waals surface area contributed by atoms with Crippen molar-refractivity contribution in [2.24, 2.45) is 5.92 Å². The Kier molecular flexibility index (Phi) is 5.66. The molecule has 0 aromatic heterocycles. The first-order valence-electron chi connectivity index (χ1n) is 8.93. The lowest BCUT2D eigenvalue weighted by Gasteiger charge is -2.36. The number of carbonyl (C=O) groups is 2. The van der Waals surface area contributed by atoms with E-state index in [1.165, 1.54) is 6.07 Å². The van der Waals surface area contributed by atoms with Crippen molar-refractivity contribution in [3.05, 3.63) is 71.5 Å². The number of rotatable bonds is 4. The van der Waals surface area contributed by atoms with Gasteiger partial charge in [0.2, 0.25) is 5.91 Å². The third kappa shape index (κ3) is 4.10. The monoisotopic (exact) mass is 354 g/mol. The highest BCUT2D eigenvalue weighted by Gasteiger charge is 2.27. The van der Waals surface area contributed by atoms with Crippen molar-refractivity contribution in [3.8, 4) is 0 Å². The molecule has 2 aromatic rings. The van der Waals surface area contributed by atoms with E-state index in [2.05, 4.69) is 0 Å². The standard InChI is InChI=1S/C21H23FN2O2/c1-16(15-18-9-5-6-10-19(18)22)20(25)23-11-13-24(14-12-23)21(26)17-7-3-2-4-8-17/h2-10,16H,11-15H2,1H3. The Morgan fingerprint density at radius 3 is 2.15 bits per heavy atom. The highest BCUT2D eigenvalue weighted by molar-refractivity contribution is 5.94. The number of piperazine rings is 1. The Bertz CT molecular complexity index is 771. The van der Waals surface area contributed by atoms with E-state index in [0.717, 1.165) is 0 Å². The van der Waals surface area contributed by atoms with E-state index in [-0.39, 0.29) is 23.5 Å². The molecule has 1 fully saturated rings. The van der Waals surface area contributed by atoms with E-state index < -0.39 is 0 Å². The lowest BCUT2D eigenvalue weighted by atomic mass is 9.99. The van der Waals surface area contributed by atoms with Gasteiger partial charge in [-0.1, -0.05) is 43.3 Å². The van der Waals surface area contributed by atoms with Gasteiger partial charge in [0.25, 0.3) is 5.91 Å². The maximum Gasteiger partial charge on any atom is 0.253 e. The van der Waals surface area contributed by atoms with Gasteiger partial charge in [0, 0.05) is 37.7 Å². The Balaban J connectivity index is 1.55. The van der Waals surface area contributed by atoms with Crippen molar-refractivity contribution in [1.29, 1.82) is 0 Å². The molecule has 2 aromatic carbocycles. The molecule has 1 saturated heterocycles. The average Bonchev–Trinajstić information content (AvgIpc) is 2.69. The van der Waals surface area contributed by atoms with Crippen LogP contribution in [0.15, 0.2) is 54.6 Å². The van der Waals surface area contributed by atoms with Gasteiger partial charge in [-0.2, -0.15) is 0 Å². The van der Waals surface area contributed by atoms with Crippen LogP contribution in [-0.4, -0.2) is 47.8 Å². The van der Waals surface area contributed by atoms with E-state index in [4.69, 9.17) is 0 Å². The van der Waals surface area contributed by atoms with Gasteiger partial charge in [0.05, 0.1) is 0 Å². The summed E-state index contributed by atoms with van der Waals surface area (Å²) in [5, 5.41) is 0. The number of carbonyl (C=O) groups excluding carboxylic acids is 2. The summed E-state index contributed by atoms with van der Waals surface area (Å²) in [6, 6.07) is 15.7. The molecule has 0 saturated carbocycles. The Hall–Kier alpha value is -2.69. The summed E-state index contributed by atoms with van der Waals surface area (Å²) >= 11 is 0. The fourth-order valence-electron chi connectivity index (χ4n) is 3.29. The van der Waals surface area contributed by atoms with Gasteiger partial charge in [-0.25, -0.2) is 4.39 Å². The van der Waals surface area contributed by atoms with Gasteiger partial charge in [-0.05, 0) is 30.2 Å². The number of benzene rings is 2. The van der Waals surface area contributed by atoms with Crippen LogP contribution in [-0.2, 0) is 11.2 Å². The third-order valence-corrected chi connectivity index (χ3v) is 4.80. The molecule has 2 amide bonds. The molecular formula is C21H23FN2O2. The highest BCUT2D eigenvalue weighted by Crippen LogP contribution is 2.16. The minimum Gasteiger partial charge on any atom is -0.339 e. The molecule has 1 aliphatic rings. The zero-order valence-electron chi connectivity index (χ0n) is 14.9.